The summed E-state index contributed by atoms with van der Waals surface area (Å²) >= 11 is 0. The van der Waals surface area contributed by atoms with E-state index in [9.17, 15) is 0 Å². The summed E-state index contributed by atoms with van der Waals surface area (Å²) in [6.45, 7) is 10.7. The van der Waals surface area contributed by atoms with Crippen molar-refractivity contribution in [2.45, 2.75) is 45.7 Å². The highest BCUT2D eigenvalue weighted by molar-refractivity contribution is 4.82. The Morgan fingerprint density at radius 3 is 2.46 bits per heavy atom. The molecule has 0 amide bonds. The van der Waals surface area contributed by atoms with E-state index in [-0.39, 0.29) is 0 Å². The second kappa shape index (κ2) is 4.97. The quantitative estimate of drug-likeness (QED) is 0.660. The van der Waals surface area contributed by atoms with E-state index in [0.29, 0.717) is 0 Å². The minimum absolute atomic E-state index is 0.730. The van der Waals surface area contributed by atoms with Crippen LogP contribution in [-0.4, -0.2) is 48.6 Å². The second-order valence-corrected chi connectivity index (χ2v) is 4.49. The summed E-state index contributed by atoms with van der Waals surface area (Å²) in [6.07, 6.45) is 2.66. The van der Waals surface area contributed by atoms with Gasteiger partial charge in [0.1, 0.15) is 0 Å². The highest BCUT2D eigenvalue weighted by Crippen LogP contribution is 2.13. The number of hydrogen-bond acceptors (Lipinski definition) is 2. The number of likely N-dealkylation sites (N-methyl/N-ethyl adjacent to an activating group) is 1. The molecular weight excluding hydrogens is 160 g/mol. The van der Waals surface area contributed by atoms with E-state index in [1.165, 1.54) is 32.5 Å². The molecule has 1 saturated heterocycles. The molecule has 0 unspecified atom stereocenters. The number of unbranched alkanes of at least 4 members (excludes halogenated alkanes) is 1. The normalized spacial score (nSPS) is 32.3. The van der Waals surface area contributed by atoms with Crippen molar-refractivity contribution in [3.05, 3.63) is 0 Å². The summed E-state index contributed by atoms with van der Waals surface area (Å²) in [5.41, 5.74) is 0. The van der Waals surface area contributed by atoms with Crippen LogP contribution in [0.3, 0.4) is 0 Å². The van der Waals surface area contributed by atoms with E-state index in [1.54, 1.807) is 0 Å². The van der Waals surface area contributed by atoms with E-state index < -0.39 is 0 Å². The fraction of sp³-hybridized carbons (Fsp3) is 1.00. The van der Waals surface area contributed by atoms with Gasteiger partial charge in [0.15, 0.2) is 0 Å². The molecule has 0 spiro atoms. The van der Waals surface area contributed by atoms with E-state index >= 15 is 0 Å². The van der Waals surface area contributed by atoms with Crippen molar-refractivity contribution in [2.75, 3.05) is 26.7 Å². The van der Waals surface area contributed by atoms with E-state index in [2.05, 4.69) is 37.6 Å². The lowest BCUT2D eigenvalue weighted by Crippen LogP contribution is -2.54. The van der Waals surface area contributed by atoms with Gasteiger partial charge in [-0.05, 0) is 33.9 Å². The summed E-state index contributed by atoms with van der Waals surface area (Å²) in [6, 6.07) is 1.47. The topological polar surface area (TPSA) is 6.48 Å². The number of piperazine rings is 1. The van der Waals surface area contributed by atoms with Crippen LogP contribution in [0.2, 0.25) is 0 Å². The predicted octanol–water partition coefficient (Wildman–Crippen LogP) is 1.81. The van der Waals surface area contributed by atoms with E-state index in [0.717, 1.165) is 12.1 Å². The lowest BCUT2D eigenvalue weighted by molar-refractivity contribution is 0.0592. The van der Waals surface area contributed by atoms with Gasteiger partial charge in [-0.25, -0.2) is 0 Å². The first kappa shape index (κ1) is 11.0. The Morgan fingerprint density at radius 1 is 1.15 bits per heavy atom. The molecule has 0 aromatic rings. The molecule has 0 aromatic heterocycles. The average Bonchev–Trinajstić information content (AvgIpc) is 2.09. The molecule has 1 heterocycles. The average molecular weight is 184 g/mol. The molecule has 78 valence electrons. The summed E-state index contributed by atoms with van der Waals surface area (Å²) in [7, 11) is 2.23. The van der Waals surface area contributed by atoms with Crippen LogP contribution in [0.15, 0.2) is 0 Å². The molecule has 0 N–H and O–H groups in total. The molecule has 0 saturated carbocycles. The third kappa shape index (κ3) is 2.96. The van der Waals surface area contributed by atoms with Crippen molar-refractivity contribution in [1.29, 1.82) is 0 Å². The maximum Gasteiger partial charge on any atom is 0.0195 e. The van der Waals surface area contributed by atoms with Crippen molar-refractivity contribution in [2.24, 2.45) is 0 Å². The Kier molecular flexibility index (Phi) is 4.20. The van der Waals surface area contributed by atoms with Gasteiger partial charge in [0.2, 0.25) is 0 Å². The minimum Gasteiger partial charge on any atom is -0.301 e. The van der Waals surface area contributed by atoms with Gasteiger partial charge < -0.3 is 4.90 Å². The van der Waals surface area contributed by atoms with Crippen LogP contribution in [-0.2, 0) is 0 Å². The summed E-state index contributed by atoms with van der Waals surface area (Å²) < 4.78 is 0. The van der Waals surface area contributed by atoms with Crippen LogP contribution in [0.25, 0.3) is 0 Å². The third-order valence-electron chi connectivity index (χ3n) is 3.23. The van der Waals surface area contributed by atoms with Gasteiger partial charge in [-0.1, -0.05) is 13.3 Å². The van der Waals surface area contributed by atoms with Crippen LogP contribution in [0.5, 0.6) is 0 Å². The lowest BCUT2D eigenvalue weighted by Gasteiger charge is -2.42. The molecular formula is C11H24N2. The van der Waals surface area contributed by atoms with Crippen molar-refractivity contribution in [3.63, 3.8) is 0 Å². The standard InChI is InChI=1S/C11H24N2/c1-5-6-7-13-9-10(2)12(4)8-11(13)3/h10-11H,5-9H2,1-4H3/t10-,11-/m1/s1. The van der Waals surface area contributed by atoms with Crippen molar-refractivity contribution in [1.82, 2.24) is 9.80 Å². The molecule has 0 bridgehead atoms. The molecule has 1 aliphatic heterocycles. The lowest BCUT2D eigenvalue weighted by atomic mass is 10.1. The maximum absolute atomic E-state index is 2.63. The van der Waals surface area contributed by atoms with Gasteiger partial charge in [-0.2, -0.15) is 0 Å². The predicted molar refractivity (Wildman–Crippen MR) is 58.0 cm³/mol. The molecule has 1 fully saturated rings. The number of rotatable bonds is 3. The Hall–Kier alpha value is -0.0800. The molecule has 2 atom stereocenters. The SMILES string of the molecule is CCCCN1C[C@@H](C)N(C)C[C@H]1C. The smallest absolute Gasteiger partial charge is 0.0195 e. The monoisotopic (exact) mass is 184 g/mol. The van der Waals surface area contributed by atoms with Crippen molar-refractivity contribution in [3.8, 4) is 0 Å². The van der Waals surface area contributed by atoms with Crippen molar-refractivity contribution >= 4 is 0 Å². The fourth-order valence-electron chi connectivity index (χ4n) is 2.04. The molecule has 2 heteroatoms. The molecule has 13 heavy (non-hydrogen) atoms. The van der Waals surface area contributed by atoms with E-state index in [4.69, 9.17) is 0 Å². The molecule has 0 aromatic carbocycles. The Labute approximate surface area is 82.9 Å². The Morgan fingerprint density at radius 2 is 1.85 bits per heavy atom. The summed E-state index contributed by atoms with van der Waals surface area (Å²) in [4.78, 5) is 5.10. The van der Waals surface area contributed by atoms with E-state index in [1.807, 2.05) is 0 Å². The van der Waals surface area contributed by atoms with Crippen LogP contribution in [0.1, 0.15) is 33.6 Å². The van der Waals surface area contributed by atoms with Crippen LogP contribution >= 0.6 is 0 Å². The van der Waals surface area contributed by atoms with Gasteiger partial charge in [0, 0.05) is 25.2 Å². The third-order valence-corrected chi connectivity index (χ3v) is 3.23. The second-order valence-electron chi connectivity index (χ2n) is 4.49. The van der Waals surface area contributed by atoms with Gasteiger partial charge >= 0.3 is 0 Å². The number of hydrogen-bond donors (Lipinski definition) is 0. The minimum atomic E-state index is 0.730. The first-order valence-electron chi connectivity index (χ1n) is 5.59. The molecule has 1 aliphatic rings. The Bertz CT molecular complexity index is 147. The zero-order chi connectivity index (χ0) is 9.84. The maximum atomic E-state index is 2.63. The van der Waals surface area contributed by atoms with Gasteiger partial charge in [0.05, 0.1) is 0 Å². The summed E-state index contributed by atoms with van der Waals surface area (Å²) in [5.74, 6) is 0. The van der Waals surface area contributed by atoms with Crippen LogP contribution in [0, 0.1) is 0 Å². The van der Waals surface area contributed by atoms with Gasteiger partial charge in [0.25, 0.3) is 0 Å². The first-order valence-corrected chi connectivity index (χ1v) is 5.59. The molecule has 1 rings (SSSR count). The van der Waals surface area contributed by atoms with Crippen LogP contribution in [0.4, 0.5) is 0 Å². The largest absolute Gasteiger partial charge is 0.301 e. The highest BCUT2D eigenvalue weighted by Gasteiger charge is 2.25. The van der Waals surface area contributed by atoms with Gasteiger partial charge in [-0.3, -0.25) is 4.90 Å². The molecule has 2 nitrogen and oxygen atoms in total. The highest BCUT2D eigenvalue weighted by atomic mass is 15.3. The van der Waals surface area contributed by atoms with Gasteiger partial charge in [-0.15, -0.1) is 0 Å². The van der Waals surface area contributed by atoms with Crippen molar-refractivity contribution < 1.29 is 0 Å². The van der Waals surface area contributed by atoms with Crippen LogP contribution < -0.4 is 0 Å². The summed E-state index contributed by atoms with van der Waals surface area (Å²) in [5, 5.41) is 0. The first-order chi connectivity index (χ1) is 6.15. The molecule has 0 radical (unpaired) electrons. The fourth-order valence-corrected chi connectivity index (χ4v) is 2.04. The Balaban J connectivity index is 2.37. The number of nitrogens with zero attached hydrogens (tertiary/aromatic N) is 2. The molecule has 0 aliphatic carbocycles. The zero-order valence-electron chi connectivity index (χ0n) is 9.58. The zero-order valence-corrected chi connectivity index (χ0v) is 9.58.